The molecule has 154 valence electrons. The third kappa shape index (κ3) is 2.76. The minimum absolute atomic E-state index is 0.0441. The average molecular weight is 440 g/mol. The van der Waals surface area contributed by atoms with Crippen LogP contribution in [0.3, 0.4) is 0 Å². The first kappa shape index (κ1) is 18.3. The predicted octanol–water partition coefficient (Wildman–Crippen LogP) is 3.24. The number of hydrogen-bond acceptors (Lipinski definition) is 7. The highest BCUT2D eigenvalue weighted by Crippen LogP contribution is 2.45. The summed E-state index contributed by atoms with van der Waals surface area (Å²) in [7, 11) is 0. The van der Waals surface area contributed by atoms with Crippen LogP contribution in [0.15, 0.2) is 39.8 Å². The standard InChI is InChI=1S/C21H21N5O2S2/c1-12-22-21-26(23-12)20(28)19(30-21)18(14-5-6-29-11-14)24-8-13-7-15(10-24)16-3-2-4-17(27)25(16)9-13/h2-6,11,13,15,18,28H,7-10H2,1H3. The lowest BCUT2D eigenvalue weighted by Gasteiger charge is -2.45. The summed E-state index contributed by atoms with van der Waals surface area (Å²) in [6, 6.07) is 7.72. The summed E-state index contributed by atoms with van der Waals surface area (Å²) < 4.78 is 3.51. The van der Waals surface area contributed by atoms with E-state index >= 15 is 0 Å². The number of piperidine rings is 1. The van der Waals surface area contributed by atoms with Gasteiger partial charge in [0.15, 0.2) is 0 Å². The van der Waals surface area contributed by atoms with Gasteiger partial charge in [-0.25, -0.2) is 4.98 Å². The van der Waals surface area contributed by atoms with E-state index in [-0.39, 0.29) is 17.5 Å². The van der Waals surface area contributed by atoms with Crippen molar-refractivity contribution >= 4 is 27.6 Å². The fraction of sp³-hybridized carbons (Fsp3) is 0.381. The Morgan fingerprint density at radius 3 is 2.93 bits per heavy atom. The third-order valence-corrected chi connectivity index (χ3v) is 8.06. The molecule has 0 radical (unpaired) electrons. The molecule has 0 amide bonds. The van der Waals surface area contributed by atoms with Crippen molar-refractivity contribution in [1.29, 1.82) is 0 Å². The normalized spacial score (nSPS) is 22.3. The SMILES string of the molecule is Cc1nc2sc(C(c3ccsc3)N3CC4CC(C3)c3cccc(=O)n3C4)c(O)n2n1. The van der Waals surface area contributed by atoms with Gasteiger partial charge in [-0.15, -0.1) is 5.10 Å². The summed E-state index contributed by atoms with van der Waals surface area (Å²) in [5.74, 6) is 1.58. The number of fused-ring (bicyclic) bond motifs is 5. The van der Waals surface area contributed by atoms with Crippen LogP contribution in [0.5, 0.6) is 5.88 Å². The molecule has 2 aliphatic heterocycles. The van der Waals surface area contributed by atoms with Crippen LogP contribution in [0.25, 0.3) is 4.96 Å². The van der Waals surface area contributed by atoms with Crippen LogP contribution in [-0.4, -0.2) is 42.3 Å². The van der Waals surface area contributed by atoms with Crippen LogP contribution in [-0.2, 0) is 6.54 Å². The van der Waals surface area contributed by atoms with E-state index in [1.165, 1.54) is 16.9 Å². The van der Waals surface area contributed by atoms with E-state index < -0.39 is 0 Å². The van der Waals surface area contributed by atoms with Gasteiger partial charge < -0.3 is 9.67 Å². The van der Waals surface area contributed by atoms with E-state index in [0.717, 1.165) is 36.6 Å². The van der Waals surface area contributed by atoms with Crippen LogP contribution in [0.1, 0.15) is 40.3 Å². The van der Waals surface area contributed by atoms with Crippen molar-refractivity contribution in [1.82, 2.24) is 24.1 Å². The molecule has 6 heterocycles. The number of aryl methyl sites for hydroxylation is 1. The molecule has 7 nitrogen and oxygen atoms in total. The summed E-state index contributed by atoms with van der Waals surface area (Å²) in [6.07, 6.45) is 1.11. The number of thiophene rings is 1. The molecule has 3 unspecified atom stereocenters. The highest BCUT2D eigenvalue weighted by atomic mass is 32.1. The van der Waals surface area contributed by atoms with Crippen molar-refractivity contribution in [3.8, 4) is 5.88 Å². The number of aromatic hydroxyl groups is 1. The van der Waals surface area contributed by atoms with Gasteiger partial charge in [-0.1, -0.05) is 17.4 Å². The predicted molar refractivity (Wildman–Crippen MR) is 117 cm³/mol. The topological polar surface area (TPSA) is 75.7 Å². The maximum Gasteiger partial charge on any atom is 0.250 e. The molecule has 9 heteroatoms. The molecule has 3 atom stereocenters. The molecular weight excluding hydrogens is 418 g/mol. The van der Waals surface area contributed by atoms with Gasteiger partial charge in [0.2, 0.25) is 10.8 Å². The van der Waals surface area contributed by atoms with Gasteiger partial charge in [0, 0.05) is 37.3 Å². The van der Waals surface area contributed by atoms with Crippen LogP contribution < -0.4 is 5.56 Å². The summed E-state index contributed by atoms with van der Waals surface area (Å²) >= 11 is 3.18. The van der Waals surface area contributed by atoms with Crippen LogP contribution in [0.4, 0.5) is 0 Å². The molecule has 1 fully saturated rings. The summed E-state index contributed by atoms with van der Waals surface area (Å²) in [5.41, 5.74) is 2.42. The number of hydrogen-bond donors (Lipinski definition) is 1. The highest BCUT2D eigenvalue weighted by molar-refractivity contribution is 7.17. The smallest absolute Gasteiger partial charge is 0.250 e. The van der Waals surface area contributed by atoms with Crippen LogP contribution in [0, 0.1) is 12.8 Å². The number of nitrogens with zero attached hydrogens (tertiary/aromatic N) is 5. The largest absolute Gasteiger partial charge is 0.492 e. The second kappa shape index (κ2) is 6.76. The van der Waals surface area contributed by atoms with Crippen molar-refractivity contribution in [2.75, 3.05) is 13.1 Å². The maximum absolute atomic E-state index is 12.4. The molecule has 0 aromatic carbocycles. The fourth-order valence-corrected chi connectivity index (χ4v) is 6.97. The molecule has 1 N–H and O–H groups in total. The fourth-order valence-electron chi connectivity index (χ4n) is 5.13. The van der Waals surface area contributed by atoms with E-state index in [9.17, 15) is 9.90 Å². The minimum Gasteiger partial charge on any atom is -0.492 e. The van der Waals surface area contributed by atoms with Gasteiger partial charge in [0.05, 0.1) is 10.9 Å². The Bertz CT molecular complexity index is 1290. The number of thiazole rings is 1. The van der Waals surface area contributed by atoms with Crippen molar-refractivity contribution in [2.45, 2.75) is 31.8 Å². The Morgan fingerprint density at radius 1 is 1.23 bits per heavy atom. The van der Waals surface area contributed by atoms with Gasteiger partial charge in [-0.3, -0.25) is 9.69 Å². The molecule has 4 aromatic rings. The lowest BCUT2D eigenvalue weighted by molar-refractivity contribution is 0.0953. The van der Waals surface area contributed by atoms with E-state index in [1.807, 2.05) is 17.6 Å². The maximum atomic E-state index is 12.4. The lowest BCUT2D eigenvalue weighted by Crippen LogP contribution is -2.48. The molecule has 1 saturated heterocycles. The molecular formula is C21H21N5O2S2. The zero-order valence-electron chi connectivity index (χ0n) is 16.4. The van der Waals surface area contributed by atoms with Gasteiger partial charge >= 0.3 is 0 Å². The molecule has 30 heavy (non-hydrogen) atoms. The molecule has 4 aromatic heterocycles. The quantitative estimate of drug-likeness (QED) is 0.530. The molecule has 0 saturated carbocycles. The van der Waals surface area contributed by atoms with E-state index in [0.29, 0.717) is 22.6 Å². The Balaban J connectivity index is 1.43. The van der Waals surface area contributed by atoms with E-state index in [2.05, 4.69) is 37.9 Å². The van der Waals surface area contributed by atoms with Gasteiger partial charge in [0.25, 0.3) is 5.56 Å². The lowest BCUT2D eigenvalue weighted by atomic mass is 9.82. The Morgan fingerprint density at radius 2 is 2.13 bits per heavy atom. The Labute approximate surface area is 180 Å². The minimum atomic E-state index is -0.0441. The van der Waals surface area contributed by atoms with E-state index in [1.54, 1.807) is 21.9 Å². The number of aromatic nitrogens is 4. The number of pyridine rings is 1. The number of likely N-dealkylation sites (tertiary alicyclic amines) is 1. The van der Waals surface area contributed by atoms with Gasteiger partial charge in [-0.05, 0) is 47.7 Å². The van der Waals surface area contributed by atoms with Gasteiger partial charge in [0.1, 0.15) is 5.82 Å². The number of rotatable bonds is 3. The molecule has 0 aliphatic carbocycles. The first-order chi connectivity index (χ1) is 14.6. The first-order valence-electron chi connectivity index (χ1n) is 10.1. The second-order valence-electron chi connectivity index (χ2n) is 8.25. The molecule has 6 rings (SSSR count). The average Bonchev–Trinajstić information content (AvgIpc) is 3.43. The summed E-state index contributed by atoms with van der Waals surface area (Å²) in [4.78, 5) is 20.9. The Kier molecular flexibility index (Phi) is 4.12. The Hall–Kier alpha value is -2.49. The van der Waals surface area contributed by atoms with Crippen molar-refractivity contribution in [2.24, 2.45) is 5.92 Å². The molecule has 2 bridgehead atoms. The zero-order valence-corrected chi connectivity index (χ0v) is 18.1. The highest BCUT2D eigenvalue weighted by Gasteiger charge is 2.39. The van der Waals surface area contributed by atoms with Crippen LogP contribution >= 0.6 is 22.7 Å². The van der Waals surface area contributed by atoms with E-state index in [4.69, 9.17) is 0 Å². The molecule has 0 spiro atoms. The van der Waals surface area contributed by atoms with Gasteiger partial charge in [-0.2, -0.15) is 15.9 Å². The first-order valence-corrected chi connectivity index (χ1v) is 11.9. The van der Waals surface area contributed by atoms with Crippen molar-refractivity contribution in [3.05, 3.63) is 67.3 Å². The molecule has 2 aliphatic rings. The monoisotopic (exact) mass is 439 g/mol. The van der Waals surface area contributed by atoms with Crippen molar-refractivity contribution in [3.63, 3.8) is 0 Å². The summed E-state index contributed by atoms with van der Waals surface area (Å²) in [6.45, 7) is 4.34. The van der Waals surface area contributed by atoms with Crippen molar-refractivity contribution < 1.29 is 5.11 Å². The third-order valence-electron chi connectivity index (χ3n) is 6.29. The second-order valence-corrected chi connectivity index (χ2v) is 10.0. The summed E-state index contributed by atoms with van der Waals surface area (Å²) in [5, 5.41) is 19.6. The zero-order chi connectivity index (χ0) is 20.4. The van der Waals surface area contributed by atoms with Crippen LogP contribution in [0.2, 0.25) is 0 Å².